The van der Waals surface area contributed by atoms with Crippen LogP contribution in [0.5, 0.6) is 11.5 Å². The third-order valence-electron chi connectivity index (χ3n) is 3.91. The van der Waals surface area contributed by atoms with Crippen LogP contribution in [0.4, 0.5) is 0 Å². The summed E-state index contributed by atoms with van der Waals surface area (Å²) in [4.78, 5) is 40.6. The number of esters is 2. The van der Waals surface area contributed by atoms with Gasteiger partial charge < -0.3 is 9.47 Å². The van der Waals surface area contributed by atoms with Crippen molar-refractivity contribution < 1.29 is 19.1 Å². The summed E-state index contributed by atoms with van der Waals surface area (Å²) in [7, 11) is 0. The number of nitriles is 1. The number of aromatic nitrogens is 2. The van der Waals surface area contributed by atoms with Crippen molar-refractivity contribution in [3.05, 3.63) is 33.2 Å². The zero-order chi connectivity index (χ0) is 19.9. The monoisotopic (exact) mass is 385 g/mol. The second-order valence-electron chi connectivity index (χ2n) is 5.79. The van der Waals surface area contributed by atoms with Gasteiger partial charge >= 0.3 is 11.9 Å². The Hall–Kier alpha value is -3.25. The van der Waals surface area contributed by atoms with Crippen molar-refractivity contribution in [3.63, 3.8) is 0 Å². The number of ether oxygens (including phenoxy) is 2. The molecule has 0 aliphatic carbocycles. The van der Waals surface area contributed by atoms with Gasteiger partial charge in [-0.25, -0.2) is 9.38 Å². The summed E-state index contributed by atoms with van der Waals surface area (Å²) in [6.45, 7) is 5.92. The topological polar surface area (TPSA) is 111 Å². The molecule has 1 aromatic carbocycles. The van der Waals surface area contributed by atoms with E-state index >= 15 is 0 Å². The van der Waals surface area contributed by atoms with Gasteiger partial charge in [-0.05, 0) is 13.3 Å². The molecule has 0 radical (unpaired) electrons. The molecule has 9 heteroatoms. The van der Waals surface area contributed by atoms with E-state index in [9.17, 15) is 19.6 Å². The summed E-state index contributed by atoms with van der Waals surface area (Å²) in [5.74, 6) is -1.03. The quantitative estimate of drug-likeness (QED) is 0.503. The Morgan fingerprint density at radius 3 is 2.52 bits per heavy atom. The second kappa shape index (κ2) is 6.81. The van der Waals surface area contributed by atoms with Crippen molar-refractivity contribution in [2.75, 3.05) is 0 Å². The van der Waals surface area contributed by atoms with E-state index < -0.39 is 17.5 Å². The Labute approximate surface area is 157 Å². The number of hydrogen-bond donors (Lipinski definition) is 0. The molecular formula is C18H15N3O5S. The minimum atomic E-state index is -0.596. The summed E-state index contributed by atoms with van der Waals surface area (Å²) >= 11 is 1.22. The van der Waals surface area contributed by atoms with E-state index in [4.69, 9.17) is 9.47 Å². The van der Waals surface area contributed by atoms with Crippen molar-refractivity contribution in [2.45, 2.75) is 34.1 Å². The Kier molecular flexibility index (Phi) is 4.68. The van der Waals surface area contributed by atoms with E-state index in [1.807, 2.05) is 13.0 Å². The molecule has 0 aliphatic rings. The van der Waals surface area contributed by atoms with Crippen LogP contribution in [-0.4, -0.2) is 21.3 Å². The number of hydrogen-bond acceptors (Lipinski definition) is 8. The van der Waals surface area contributed by atoms with Crippen molar-refractivity contribution >= 4 is 38.5 Å². The molecule has 0 spiro atoms. The molecule has 0 amide bonds. The molecule has 0 saturated heterocycles. The Balaban J connectivity index is 2.48. The fraction of sp³-hybridized carbons (Fsp3) is 0.278. The number of carbonyl (C=O) groups is 2. The van der Waals surface area contributed by atoms with Gasteiger partial charge in [0.15, 0.2) is 16.5 Å². The molecule has 3 aromatic rings. The Morgan fingerprint density at radius 1 is 1.30 bits per heavy atom. The molecule has 0 N–H and O–H groups in total. The highest BCUT2D eigenvalue weighted by Gasteiger charge is 2.22. The normalized spacial score (nSPS) is 10.8. The smallest absolute Gasteiger partial charge is 0.308 e. The van der Waals surface area contributed by atoms with Gasteiger partial charge in [0.1, 0.15) is 11.6 Å². The van der Waals surface area contributed by atoms with E-state index in [1.54, 1.807) is 6.92 Å². The minimum Gasteiger partial charge on any atom is -0.423 e. The van der Waals surface area contributed by atoms with Crippen LogP contribution < -0.4 is 15.0 Å². The number of rotatable bonds is 3. The number of nitrogens with zero attached hydrogens (tertiary/aromatic N) is 3. The first-order chi connectivity index (χ1) is 12.8. The molecule has 0 saturated carbocycles. The van der Waals surface area contributed by atoms with E-state index in [1.165, 1.54) is 35.7 Å². The Bertz CT molecular complexity index is 1220. The lowest BCUT2D eigenvalue weighted by atomic mass is 10.1. The van der Waals surface area contributed by atoms with Crippen LogP contribution in [0.25, 0.3) is 15.2 Å². The molecular weight excluding hydrogens is 370 g/mol. The van der Waals surface area contributed by atoms with Gasteiger partial charge in [0.05, 0.1) is 15.9 Å². The first-order valence-corrected chi connectivity index (χ1v) is 8.88. The predicted octanol–water partition coefficient (Wildman–Crippen LogP) is 2.50. The molecule has 8 nitrogen and oxygen atoms in total. The second-order valence-corrected chi connectivity index (χ2v) is 6.80. The minimum absolute atomic E-state index is 0.0211. The molecule has 0 atom stereocenters. The molecule has 0 aliphatic heterocycles. The highest BCUT2D eigenvalue weighted by Crippen LogP contribution is 2.40. The van der Waals surface area contributed by atoms with Gasteiger partial charge in [-0.1, -0.05) is 18.3 Å². The van der Waals surface area contributed by atoms with Crippen LogP contribution in [0, 0.1) is 18.3 Å². The maximum Gasteiger partial charge on any atom is 0.308 e. The first kappa shape index (κ1) is 18.5. The number of carbonyl (C=O) groups excluding carboxylic acids is 2. The van der Waals surface area contributed by atoms with Crippen LogP contribution in [0.2, 0.25) is 0 Å². The summed E-state index contributed by atoms with van der Waals surface area (Å²) in [6.07, 6.45) is 0.444. The van der Waals surface area contributed by atoms with Gasteiger partial charge in [0.2, 0.25) is 0 Å². The van der Waals surface area contributed by atoms with Crippen molar-refractivity contribution in [1.82, 2.24) is 9.38 Å². The summed E-state index contributed by atoms with van der Waals surface area (Å²) in [5.41, 5.74) is 0.808. The third kappa shape index (κ3) is 3.04. The SMILES string of the molecule is CCc1nc2sc3cc(OC(C)=O)c(OC(C)=O)c(C)c3n2c(=O)c1C#N. The molecule has 0 fully saturated rings. The van der Waals surface area contributed by atoms with Gasteiger partial charge in [-0.3, -0.25) is 14.4 Å². The molecule has 27 heavy (non-hydrogen) atoms. The lowest BCUT2D eigenvalue weighted by Gasteiger charge is -2.12. The molecule has 0 unspecified atom stereocenters. The van der Waals surface area contributed by atoms with E-state index in [0.29, 0.717) is 32.9 Å². The number of benzene rings is 1. The summed E-state index contributed by atoms with van der Waals surface area (Å²) < 4.78 is 12.4. The average Bonchev–Trinajstić information content (AvgIpc) is 2.95. The van der Waals surface area contributed by atoms with Gasteiger partial charge in [-0.2, -0.15) is 5.26 Å². The maximum atomic E-state index is 12.9. The van der Waals surface area contributed by atoms with Crippen LogP contribution >= 0.6 is 11.3 Å². The average molecular weight is 385 g/mol. The fourth-order valence-corrected chi connectivity index (χ4v) is 3.99. The van der Waals surface area contributed by atoms with Crippen LogP contribution in [0.1, 0.15) is 37.6 Å². The molecule has 2 aromatic heterocycles. The highest BCUT2D eigenvalue weighted by atomic mass is 32.1. The zero-order valence-corrected chi connectivity index (χ0v) is 15.9. The molecule has 3 rings (SSSR count). The van der Waals surface area contributed by atoms with Crippen molar-refractivity contribution in [2.24, 2.45) is 0 Å². The largest absolute Gasteiger partial charge is 0.423 e. The van der Waals surface area contributed by atoms with Gasteiger partial charge in [0.25, 0.3) is 5.56 Å². The standard InChI is InChI=1S/C18H15N3O5S/c1-5-12-11(7-19)17(24)21-15-8(2)16(26-10(4)23)13(25-9(3)22)6-14(15)27-18(21)20-12/h6H,5H2,1-4H3. The summed E-state index contributed by atoms with van der Waals surface area (Å²) in [6, 6.07) is 3.45. The zero-order valence-electron chi connectivity index (χ0n) is 15.1. The first-order valence-electron chi connectivity index (χ1n) is 8.07. The van der Waals surface area contributed by atoms with E-state index in [2.05, 4.69) is 4.98 Å². The molecule has 0 bridgehead atoms. The maximum absolute atomic E-state index is 12.9. The molecule has 2 heterocycles. The highest BCUT2D eigenvalue weighted by molar-refractivity contribution is 7.23. The van der Waals surface area contributed by atoms with Gasteiger partial charge in [-0.15, -0.1) is 0 Å². The van der Waals surface area contributed by atoms with Crippen LogP contribution in [0.15, 0.2) is 10.9 Å². The number of fused-ring (bicyclic) bond motifs is 3. The van der Waals surface area contributed by atoms with Crippen LogP contribution in [-0.2, 0) is 16.0 Å². The van der Waals surface area contributed by atoms with Crippen molar-refractivity contribution in [1.29, 1.82) is 5.26 Å². The third-order valence-corrected chi connectivity index (χ3v) is 4.90. The van der Waals surface area contributed by atoms with E-state index in [-0.39, 0.29) is 17.1 Å². The lowest BCUT2D eigenvalue weighted by molar-refractivity contribution is -0.134. The lowest BCUT2D eigenvalue weighted by Crippen LogP contribution is -2.20. The number of aryl methyl sites for hydroxylation is 2. The predicted molar refractivity (Wildman–Crippen MR) is 98.3 cm³/mol. The Morgan fingerprint density at radius 2 is 1.96 bits per heavy atom. The molecule has 138 valence electrons. The van der Waals surface area contributed by atoms with Crippen LogP contribution in [0.3, 0.4) is 0 Å². The number of thiazole rings is 1. The summed E-state index contributed by atoms with van der Waals surface area (Å²) in [5, 5.41) is 9.36. The van der Waals surface area contributed by atoms with Gasteiger partial charge in [0, 0.05) is 25.5 Å². The fourth-order valence-electron chi connectivity index (χ4n) is 2.86. The van der Waals surface area contributed by atoms with E-state index in [0.717, 1.165) is 0 Å². The van der Waals surface area contributed by atoms with Crippen molar-refractivity contribution in [3.8, 4) is 17.6 Å².